The smallest absolute Gasteiger partial charge is 0.176 e. The minimum atomic E-state index is -0.314. The molecule has 0 bridgehead atoms. The highest BCUT2D eigenvalue weighted by Gasteiger charge is 2.22. The zero-order chi connectivity index (χ0) is 17.4. The number of nitriles is 1. The maximum Gasteiger partial charge on any atom is 0.176 e. The van der Waals surface area contributed by atoms with Gasteiger partial charge in [-0.25, -0.2) is 0 Å². The van der Waals surface area contributed by atoms with E-state index in [1.165, 1.54) is 0 Å². The number of hydrogen-bond acceptors (Lipinski definition) is 4. The molecule has 0 aromatic heterocycles. The predicted molar refractivity (Wildman–Crippen MR) is 98.0 cm³/mol. The van der Waals surface area contributed by atoms with Crippen LogP contribution in [0.1, 0.15) is 36.2 Å². The van der Waals surface area contributed by atoms with Gasteiger partial charge in [0.05, 0.1) is 5.25 Å². The first-order chi connectivity index (χ1) is 11.6. The Hall–Kier alpha value is -2.25. The number of rotatable bonds is 8. The van der Waals surface area contributed by atoms with Gasteiger partial charge in [-0.15, -0.1) is 0 Å². The monoisotopic (exact) mass is 339 g/mol. The summed E-state index contributed by atoms with van der Waals surface area (Å²) in [6.07, 6.45) is 0.698. The lowest BCUT2D eigenvalue weighted by molar-refractivity contribution is 0.0982. The van der Waals surface area contributed by atoms with Crippen molar-refractivity contribution in [1.29, 1.82) is 5.26 Å². The second kappa shape index (κ2) is 9.14. The Labute approximate surface area is 147 Å². The lowest BCUT2D eigenvalue weighted by Gasteiger charge is -2.14. The van der Waals surface area contributed by atoms with Crippen LogP contribution >= 0.6 is 11.8 Å². The SMILES string of the molecule is CC(C)CC(SC#N)C(=O)c1ccc(OCc2ccccc2)cc1. The quantitative estimate of drug-likeness (QED) is 0.497. The summed E-state index contributed by atoms with van der Waals surface area (Å²) in [6.45, 7) is 4.60. The number of nitrogens with zero attached hydrogens (tertiary/aromatic N) is 1. The lowest BCUT2D eigenvalue weighted by Crippen LogP contribution is -2.19. The highest BCUT2D eigenvalue weighted by atomic mass is 32.2. The molecule has 4 heteroatoms. The van der Waals surface area contributed by atoms with E-state index < -0.39 is 0 Å². The number of ketones is 1. The van der Waals surface area contributed by atoms with Gasteiger partial charge in [0.15, 0.2) is 5.78 Å². The molecule has 1 unspecified atom stereocenters. The zero-order valence-corrected chi connectivity index (χ0v) is 14.8. The van der Waals surface area contributed by atoms with Gasteiger partial charge < -0.3 is 4.74 Å². The molecule has 0 aliphatic heterocycles. The van der Waals surface area contributed by atoms with E-state index in [1.807, 2.05) is 35.7 Å². The summed E-state index contributed by atoms with van der Waals surface area (Å²) in [5, 5.41) is 10.6. The number of benzene rings is 2. The molecular formula is C20H21NO2S. The van der Waals surface area contributed by atoms with Crippen molar-refractivity contribution in [3.05, 3.63) is 65.7 Å². The number of ether oxygens (including phenoxy) is 1. The van der Waals surface area contributed by atoms with Crippen LogP contribution in [-0.2, 0) is 6.61 Å². The number of thioether (sulfide) groups is 1. The third-order valence-corrected chi connectivity index (χ3v) is 4.36. The second-order valence-corrected chi connectivity index (χ2v) is 6.98. The van der Waals surface area contributed by atoms with Crippen molar-refractivity contribution in [3.8, 4) is 11.2 Å². The normalized spacial score (nSPS) is 11.8. The predicted octanol–water partition coefficient (Wildman–Crippen LogP) is 5.08. The van der Waals surface area contributed by atoms with E-state index in [1.54, 1.807) is 24.3 Å². The standard InChI is InChI=1S/C20H21NO2S/c1-15(2)12-19(24-14-21)20(22)17-8-10-18(11-9-17)23-13-16-6-4-3-5-7-16/h3-11,15,19H,12-13H2,1-2H3. The molecule has 0 aliphatic carbocycles. The van der Waals surface area contributed by atoms with E-state index in [2.05, 4.69) is 13.8 Å². The van der Waals surface area contributed by atoms with Gasteiger partial charge in [0.1, 0.15) is 17.8 Å². The highest BCUT2D eigenvalue weighted by Crippen LogP contribution is 2.24. The van der Waals surface area contributed by atoms with Crippen molar-refractivity contribution in [2.75, 3.05) is 0 Å². The van der Waals surface area contributed by atoms with Crippen molar-refractivity contribution in [2.24, 2.45) is 5.92 Å². The molecule has 0 fully saturated rings. The molecule has 0 heterocycles. The fraction of sp³-hybridized carbons (Fsp3) is 0.300. The van der Waals surface area contributed by atoms with E-state index >= 15 is 0 Å². The van der Waals surface area contributed by atoms with Gasteiger partial charge in [0.2, 0.25) is 0 Å². The molecule has 0 amide bonds. The Morgan fingerprint density at radius 1 is 1.12 bits per heavy atom. The molecule has 124 valence electrons. The fourth-order valence-corrected chi connectivity index (χ4v) is 3.19. The summed E-state index contributed by atoms with van der Waals surface area (Å²) in [4.78, 5) is 12.5. The Morgan fingerprint density at radius 3 is 2.38 bits per heavy atom. The van der Waals surface area contributed by atoms with Crippen molar-refractivity contribution in [3.63, 3.8) is 0 Å². The van der Waals surface area contributed by atoms with E-state index in [9.17, 15) is 4.79 Å². The van der Waals surface area contributed by atoms with Crippen molar-refractivity contribution >= 4 is 17.5 Å². The third kappa shape index (κ3) is 5.43. The third-order valence-electron chi connectivity index (χ3n) is 3.56. The molecule has 0 aliphatic rings. The van der Waals surface area contributed by atoms with Crippen LogP contribution < -0.4 is 4.74 Å². The maximum atomic E-state index is 12.5. The van der Waals surface area contributed by atoms with Crippen LogP contribution in [-0.4, -0.2) is 11.0 Å². The number of carbonyl (C=O) groups excluding carboxylic acids is 1. The Balaban J connectivity index is 1.99. The molecule has 3 nitrogen and oxygen atoms in total. The number of hydrogen-bond donors (Lipinski definition) is 0. The van der Waals surface area contributed by atoms with Crippen LogP contribution in [0.5, 0.6) is 5.75 Å². The summed E-state index contributed by atoms with van der Waals surface area (Å²) < 4.78 is 5.73. The van der Waals surface area contributed by atoms with Crippen molar-refractivity contribution < 1.29 is 9.53 Å². The summed E-state index contributed by atoms with van der Waals surface area (Å²) in [7, 11) is 0. The average molecular weight is 339 g/mol. The summed E-state index contributed by atoms with van der Waals surface area (Å²) in [6, 6.07) is 17.1. The van der Waals surface area contributed by atoms with Crippen LogP contribution in [0.25, 0.3) is 0 Å². The molecule has 2 aromatic rings. The van der Waals surface area contributed by atoms with Gasteiger partial charge in [-0.3, -0.25) is 4.79 Å². The minimum absolute atomic E-state index is 0.00450. The van der Waals surface area contributed by atoms with E-state index in [0.29, 0.717) is 24.5 Å². The largest absolute Gasteiger partial charge is 0.489 e. The van der Waals surface area contributed by atoms with E-state index in [0.717, 1.165) is 23.1 Å². The number of thiocyanates is 1. The van der Waals surface area contributed by atoms with Gasteiger partial charge in [-0.2, -0.15) is 5.26 Å². The van der Waals surface area contributed by atoms with Crippen molar-refractivity contribution in [1.82, 2.24) is 0 Å². The van der Waals surface area contributed by atoms with Gasteiger partial charge in [-0.1, -0.05) is 44.2 Å². The Morgan fingerprint density at radius 2 is 1.79 bits per heavy atom. The maximum absolute atomic E-state index is 12.5. The van der Waals surface area contributed by atoms with Crippen LogP contribution in [0.3, 0.4) is 0 Å². The summed E-state index contributed by atoms with van der Waals surface area (Å²) >= 11 is 1.04. The summed E-state index contributed by atoms with van der Waals surface area (Å²) in [5.41, 5.74) is 1.72. The Kier molecular flexibility index (Phi) is 6.89. The molecular weight excluding hydrogens is 318 g/mol. The van der Waals surface area contributed by atoms with Gasteiger partial charge in [-0.05, 0) is 53.9 Å². The molecule has 0 saturated heterocycles. The fourth-order valence-electron chi connectivity index (χ4n) is 2.34. The van der Waals surface area contributed by atoms with Gasteiger partial charge in [0.25, 0.3) is 0 Å². The molecule has 1 atom stereocenters. The average Bonchev–Trinajstić information content (AvgIpc) is 2.60. The summed E-state index contributed by atoms with van der Waals surface area (Å²) in [5.74, 6) is 1.10. The zero-order valence-electron chi connectivity index (χ0n) is 13.9. The molecule has 0 saturated carbocycles. The molecule has 24 heavy (non-hydrogen) atoms. The van der Waals surface area contributed by atoms with Crippen LogP contribution in [0.15, 0.2) is 54.6 Å². The first kappa shape index (κ1) is 18.1. The number of carbonyl (C=O) groups is 1. The molecule has 0 spiro atoms. The highest BCUT2D eigenvalue weighted by molar-refractivity contribution is 8.05. The van der Waals surface area contributed by atoms with Crippen molar-refractivity contribution in [2.45, 2.75) is 32.1 Å². The van der Waals surface area contributed by atoms with Gasteiger partial charge >= 0.3 is 0 Å². The number of Topliss-reactive ketones (excluding diaryl/α,β-unsaturated/α-hetero) is 1. The van der Waals surface area contributed by atoms with Gasteiger partial charge in [0, 0.05) is 5.56 Å². The molecule has 0 radical (unpaired) electrons. The molecule has 2 rings (SSSR count). The van der Waals surface area contributed by atoms with Crippen LogP contribution in [0.4, 0.5) is 0 Å². The van der Waals surface area contributed by atoms with E-state index in [-0.39, 0.29) is 11.0 Å². The lowest BCUT2D eigenvalue weighted by atomic mass is 10.0. The topological polar surface area (TPSA) is 50.1 Å². The van der Waals surface area contributed by atoms with Crippen LogP contribution in [0, 0.1) is 16.6 Å². The first-order valence-corrected chi connectivity index (χ1v) is 8.84. The Bertz CT molecular complexity index is 690. The molecule has 0 N–H and O–H groups in total. The van der Waals surface area contributed by atoms with E-state index in [4.69, 9.17) is 10.00 Å². The second-order valence-electron chi connectivity index (χ2n) is 5.99. The minimum Gasteiger partial charge on any atom is -0.489 e. The first-order valence-electron chi connectivity index (χ1n) is 7.96. The van der Waals surface area contributed by atoms with Crippen LogP contribution in [0.2, 0.25) is 0 Å². The molecule has 2 aromatic carbocycles.